The van der Waals surface area contributed by atoms with Gasteiger partial charge in [-0.25, -0.2) is 0 Å². The molecule has 1 saturated heterocycles. The summed E-state index contributed by atoms with van der Waals surface area (Å²) in [5.41, 5.74) is 2.66. The van der Waals surface area contributed by atoms with Crippen molar-refractivity contribution >= 4 is 5.91 Å². The van der Waals surface area contributed by atoms with E-state index in [1.807, 2.05) is 4.90 Å². The summed E-state index contributed by atoms with van der Waals surface area (Å²) in [6, 6.07) is -0.0605. The number of carbonyl (C=O) groups is 1. The molecular formula is C11H19IN3O-. The van der Waals surface area contributed by atoms with Crippen LogP contribution >= 0.6 is 0 Å². The zero-order valence-corrected chi connectivity index (χ0v) is 12.4. The van der Waals surface area contributed by atoms with Gasteiger partial charge in [0.2, 0.25) is 0 Å². The van der Waals surface area contributed by atoms with E-state index >= 15 is 0 Å². The Morgan fingerprint density at radius 3 is 2.69 bits per heavy atom. The maximum absolute atomic E-state index is 12.1. The van der Waals surface area contributed by atoms with Crippen LogP contribution in [0.2, 0.25) is 0 Å². The van der Waals surface area contributed by atoms with Gasteiger partial charge >= 0.3 is 107 Å². The van der Waals surface area contributed by atoms with Crippen molar-refractivity contribution in [3.05, 3.63) is 11.3 Å². The molecule has 2 atom stereocenters. The van der Waals surface area contributed by atoms with Gasteiger partial charge < -0.3 is 0 Å². The molecule has 1 amide bonds. The van der Waals surface area contributed by atoms with E-state index < -0.39 is 0 Å². The molecule has 4 nitrogen and oxygen atoms in total. The Kier molecular flexibility index (Phi) is 3.29. The van der Waals surface area contributed by atoms with Crippen LogP contribution < -0.4 is 27.0 Å². The molecule has 0 spiro atoms. The summed E-state index contributed by atoms with van der Waals surface area (Å²) in [6.45, 7) is 6.48. The van der Waals surface area contributed by atoms with Crippen LogP contribution in [0.1, 0.15) is 20.8 Å². The number of hydrogen-bond donors (Lipinski definition) is 1. The van der Waals surface area contributed by atoms with Gasteiger partial charge in [0.1, 0.15) is 0 Å². The number of hydrazine groups is 1. The SMILES string of the molecule is CC1=C(C(C)C)N2C(=O)C(N(C)N)C2[I-]C1. The third-order valence-corrected chi connectivity index (χ3v) is 6.84. The molecule has 2 rings (SSSR count). The van der Waals surface area contributed by atoms with E-state index in [1.165, 1.54) is 15.7 Å². The molecule has 2 aliphatic heterocycles. The minimum absolute atomic E-state index is 0.0302. The topological polar surface area (TPSA) is 49.6 Å². The Balaban J connectivity index is 2.28. The van der Waals surface area contributed by atoms with Crippen molar-refractivity contribution in [2.45, 2.75) is 30.9 Å². The monoisotopic (exact) mass is 336 g/mol. The van der Waals surface area contributed by atoms with E-state index in [1.54, 1.807) is 12.1 Å². The fourth-order valence-electron chi connectivity index (χ4n) is 2.45. The van der Waals surface area contributed by atoms with Crippen LogP contribution in [-0.4, -0.2) is 37.4 Å². The number of nitrogens with two attached hydrogens (primary N) is 1. The standard InChI is InChI=1S/C11H19IN3O/c1-6(2)8-7(3)5-12-10-9(14(4)13)11(16)15(8)10/h6,9-10H,5,13H2,1-4H3/q-1. The molecule has 0 saturated carbocycles. The summed E-state index contributed by atoms with van der Waals surface area (Å²) in [5, 5.41) is 1.59. The summed E-state index contributed by atoms with van der Waals surface area (Å²) in [7, 11) is 1.80. The van der Waals surface area contributed by atoms with E-state index in [2.05, 4.69) is 20.8 Å². The van der Waals surface area contributed by atoms with Crippen molar-refractivity contribution in [1.29, 1.82) is 0 Å². The molecule has 92 valence electrons. The van der Waals surface area contributed by atoms with E-state index in [9.17, 15) is 4.79 Å². The summed E-state index contributed by atoms with van der Waals surface area (Å²) in [4.78, 5) is 14.1. The second kappa shape index (κ2) is 4.27. The molecule has 0 aromatic heterocycles. The molecule has 0 radical (unpaired) electrons. The number of nitrogens with zero attached hydrogens (tertiary/aromatic N) is 2. The molecule has 0 aromatic rings. The van der Waals surface area contributed by atoms with Crippen molar-refractivity contribution in [1.82, 2.24) is 9.91 Å². The van der Waals surface area contributed by atoms with Gasteiger partial charge in [-0.1, -0.05) is 0 Å². The quantitative estimate of drug-likeness (QED) is 0.150. The van der Waals surface area contributed by atoms with Crippen molar-refractivity contribution in [3.8, 4) is 0 Å². The molecule has 2 aliphatic rings. The average molecular weight is 336 g/mol. The number of fused-ring (bicyclic) bond motifs is 1. The van der Waals surface area contributed by atoms with Crippen LogP contribution in [0.3, 0.4) is 0 Å². The minimum atomic E-state index is -0.0605. The van der Waals surface area contributed by atoms with Crippen molar-refractivity contribution in [2.75, 3.05) is 11.5 Å². The zero-order valence-electron chi connectivity index (χ0n) is 10.2. The van der Waals surface area contributed by atoms with Gasteiger partial charge in [0.25, 0.3) is 0 Å². The van der Waals surface area contributed by atoms with E-state index in [0.29, 0.717) is 9.97 Å². The van der Waals surface area contributed by atoms with Crippen molar-refractivity contribution in [2.24, 2.45) is 11.8 Å². The Morgan fingerprint density at radius 1 is 1.56 bits per heavy atom. The van der Waals surface area contributed by atoms with Crippen LogP contribution in [0.15, 0.2) is 11.3 Å². The summed E-state index contributed by atoms with van der Waals surface area (Å²) in [5.74, 6) is 6.36. The molecule has 2 N–H and O–H groups in total. The zero-order chi connectivity index (χ0) is 12.0. The van der Waals surface area contributed by atoms with Gasteiger partial charge in [0.05, 0.1) is 0 Å². The Hall–Kier alpha value is -0.140. The number of alkyl halides is 2. The van der Waals surface area contributed by atoms with E-state index in [-0.39, 0.29) is 33.2 Å². The van der Waals surface area contributed by atoms with Gasteiger partial charge in [0, 0.05) is 0 Å². The Labute approximate surface area is 107 Å². The van der Waals surface area contributed by atoms with E-state index in [0.717, 1.165) is 0 Å². The number of amides is 1. The molecular weight excluding hydrogens is 317 g/mol. The van der Waals surface area contributed by atoms with Crippen LogP contribution in [0.4, 0.5) is 0 Å². The maximum atomic E-state index is 12.1. The predicted octanol–water partition coefficient (Wildman–Crippen LogP) is -2.64. The van der Waals surface area contributed by atoms with Crippen molar-refractivity contribution in [3.63, 3.8) is 0 Å². The fraction of sp³-hybridized carbons (Fsp3) is 0.727. The molecule has 2 unspecified atom stereocenters. The number of likely N-dealkylation sites (N-methyl/N-ethyl adjacent to an activating group) is 1. The number of hydrogen-bond acceptors (Lipinski definition) is 3. The molecule has 5 heteroatoms. The molecule has 0 aliphatic carbocycles. The molecule has 16 heavy (non-hydrogen) atoms. The van der Waals surface area contributed by atoms with Gasteiger partial charge in [0.15, 0.2) is 0 Å². The number of allylic oxidation sites excluding steroid dienone is 2. The first kappa shape index (κ1) is 12.3. The van der Waals surface area contributed by atoms with Gasteiger partial charge in [-0.3, -0.25) is 0 Å². The number of carbonyl (C=O) groups excluding carboxylic acids is 1. The third-order valence-electron chi connectivity index (χ3n) is 3.12. The first-order valence-corrected chi connectivity index (χ1v) is 8.30. The number of halogens is 1. The van der Waals surface area contributed by atoms with Gasteiger partial charge in [-0.2, -0.15) is 0 Å². The average Bonchev–Trinajstić information content (AvgIpc) is 2.17. The summed E-state index contributed by atoms with van der Waals surface area (Å²) < 4.78 is 1.60. The molecule has 0 aromatic carbocycles. The number of rotatable bonds is 2. The Morgan fingerprint density at radius 2 is 2.19 bits per heavy atom. The van der Waals surface area contributed by atoms with Crippen molar-refractivity contribution < 1.29 is 26.0 Å². The summed E-state index contributed by atoms with van der Waals surface area (Å²) in [6.07, 6.45) is 0. The number of β-lactam (4-membered cyclic amide) rings is 1. The second-order valence-corrected chi connectivity index (χ2v) is 7.72. The van der Waals surface area contributed by atoms with Gasteiger partial charge in [-0.15, -0.1) is 0 Å². The predicted molar refractivity (Wildman–Crippen MR) is 58.8 cm³/mol. The van der Waals surface area contributed by atoms with Crippen LogP contribution in [0.5, 0.6) is 0 Å². The first-order valence-electron chi connectivity index (χ1n) is 5.53. The normalized spacial score (nSPS) is 30.4. The fourth-order valence-corrected chi connectivity index (χ4v) is 6.22. The second-order valence-electron chi connectivity index (χ2n) is 4.80. The van der Waals surface area contributed by atoms with Crippen LogP contribution in [-0.2, 0) is 4.79 Å². The first-order chi connectivity index (χ1) is 7.45. The Bertz CT molecular complexity index is 351. The third kappa shape index (κ3) is 1.69. The molecule has 0 bridgehead atoms. The molecule has 1 fully saturated rings. The molecule has 2 heterocycles. The van der Waals surface area contributed by atoms with Crippen LogP contribution in [0, 0.1) is 5.92 Å². The van der Waals surface area contributed by atoms with Gasteiger partial charge in [-0.05, 0) is 0 Å². The van der Waals surface area contributed by atoms with Crippen LogP contribution in [0.25, 0.3) is 0 Å². The van der Waals surface area contributed by atoms with E-state index in [4.69, 9.17) is 5.84 Å². The summed E-state index contributed by atoms with van der Waals surface area (Å²) >= 11 is 0.0302.